The lowest BCUT2D eigenvalue weighted by molar-refractivity contribution is 0.0953. The van der Waals surface area contributed by atoms with Gasteiger partial charge in [0, 0.05) is 12.1 Å². The first-order valence-electron chi connectivity index (χ1n) is 8.57. The molecule has 28 heavy (non-hydrogen) atoms. The summed E-state index contributed by atoms with van der Waals surface area (Å²) >= 11 is 11.8. The van der Waals surface area contributed by atoms with E-state index in [2.05, 4.69) is 16.5 Å². The normalized spacial score (nSPS) is 10.5. The molecular weight excluding hydrogens is 397 g/mol. The Morgan fingerprint density at radius 1 is 1.18 bits per heavy atom. The molecule has 0 bridgehead atoms. The second kappa shape index (κ2) is 8.79. The average Bonchev–Trinajstić information content (AvgIpc) is 3.03. The van der Waals surface area contributed by atoms with Gasteiger partial charge in [0.15, 0.2) is 0 Å². The van der Waals surface area contributed by atoms with Gasteiger partial charge in [-0.25, -0.2) is 4.68 Å². The van der Waals surface area contributed by atoms with E-state index in [9.17, 15) is 10.1 Å². The van der Waals surface area contributed by atoms with Crippen molar-refractivity contribution in [3.05, 3.63) is 75.4 Å². The largest absolute Gasteiger partial charge is 0.382 e. The number of amides is 1. The van der Waals surface area contributed by atoms with Gasteiger partial charge < -0.3 is 11.1 Å². The van der Waals surface area contributed by atoms with Gasteiger partial charge >= 0.3 is 0 Å². The third-order valence-electron chi connectivity index (χ3n) is 4.16. The van der Waals surface area contributed by atoms with E-state index in [1.807, 2.05) is 30.3 Å². The van der Waals surface area contributed by atoms with Crippen molar-refractivity contribution in [2.24, 2.45) is 0 Å². The van der Waals surface area contributed by atoms with Crippen molar-refractivity contribution < 1.29 is 4.79 Å². The highest BCUT2D eigenvalue weighted by molar-refractivity contribution is 6.42. The van der Waals surface area contributed by atoms with E-state index in [4.69, 9.17) is 28.9 Å². The monoisotopic (exact) mass is 413 g/mol. The minimum Gasteiger partial charge on any atom is -0.382 e. The lowest BCUT2D eigenvalue weighted by atomic mass is 10.1. The fourth-order valence-corrected chi connectivity index (χ4v) is 3.04. The number of anilines is 1. The van der Waals surface area contributed by atoms with Crippen molar-refractivity contribution in [2.75, 3.05) is 12.3 Å². The maximum Gasteiger partial charge on any atom is 0.251 e. The van der Waals surface area contributed by atoms with Crippen LogP contribution in [0.4, 0.5) is 5.82 Å². The summed E-state index contributed by atoms with van der Waals surface area (Å²) in [6.07, 6.45) is 1.11. The maximum atomic E-state index is 12.2. The molecule has 8 heteroatoms. The van der Waals surface area contributed by atoms with Crippen molar-refractivity contribution in [3.63, 3.8) is 0 Å². The smallest absolute Gasteiger partial charge is 0.251 e. The van der Waals surface area contributed by atoms with Crippen LogP contribution in [0.3, 0.4) is 0 Å². The zero-order valence-electron chi connectivity index (χ0n) is 14.8. The second-order valence-electron chi connectivity index (χ2n) is 6.05. The van der Waals surface area contributed by atoms with E-state index in [1.165, 1.54) is 6.07 Å². The number of hydrogen-bond acceptors (Lipinski definition) is 4. The number of nitrogens with one attached hydrogen (secondary N) is 1. The van der Waals surface area contributed by atoms with Crippen LogP contribution < -0.4 is 11.1 Å². The summed E-state index contributed by atoms with van der Waals surface area (Å²) in [5.41, 5.74) is 8.27. The van der Waals surface area contributed by atoms with E-state index < -0.39 is 0 Å². The number of hydrogen-bond donors (Lipinski definition) is 2. The first-order valence-corrected chi connectivity index (χ1v) is 9.33. The van der Waals surface area contributed by atoms with Crippen molar-refractivity contribution in [3.8, 4) is 11.8 Å². The minimum absolute atomic E-state index is 0.242. The Bertz CT molecular complexity index is 1040. The molecule has 3 rings (SSSR count). The highest BCUT2D eigenvalue weighted by atomic mass is 35.5. The molecule has 3 aromatic rings. The Hall–Kier alpha value is -3.01. The van der Waals surface area contributed by atoms with Gasteiger partial charge in [-0.1, -0.05) is 41.4 Å². The number of nitrogens with two attached hydrogens (primary N) is 1. The summed E-state index contributed by atoms with van der Waals surface area (Å²) in [4.78, 5) is 12.2. The Morgan fingerprint density at radius 3 is 2.61 bits per heavy atom. The molecule has 0 spiro atoms. The Balaban J connectivity index is 1.63. The number of nitrogen functional groups attached to an aromatic ring is 1. The van der Waals surface area contributed by atoms with Crippen LogP contribution in [0.2, 0.25) is 10.0 Å². The van der Waals surface area contributed by atoms with Gasteiger partial charge in [-0.2, -0.15) is 10.4 Å². The molecule has 0 fully saturated rings. The molecule has 6 nitrogen and oxygen atoms in total. The number of nitriles is 1. The molecule has 0 atom stereocenters. The second-order valence-corrected chi connectivity index (χ2v) is 6.87. The quantitative estimate of drug-likeness (QED) is 0.596. The van der Waals surface area contributed by atoms with Crippen LogP contribution in [-0.2, 0) is 6.42 Å². The summed E-state index contributed by atoms with van der Waals surface area (Å²) in [6.45, 7) is 0.419. The first kappa shape index (κ1) is 19.7. The molecule has 1 aromatic heterocycles. The van der Waals surface area contributed by atoms with Gasteiger partial charge in [-0.3, -0.25) is 4.79 Å². The third-order valence-corrected chi connectivity index (χ3v) is 4.90. The molecule has 1 amide bonds. The van der Waals surface area contributed by atoms with Crippen molar-refractivity contribution in [1.82, 2.24) is 15.1 Å². The lowest BCUT2D eigenvalue weighted by Gasteiger charge is -2.06. The van der Waals surface area contributed by atoms with Crippen LogP contribution in [0.1, 0.15) is 28.0 Å². The predicted octanol–water partition coefficient (Wildman–Crippen LogP) is 4.00. The number of benzene rings is 2. The van der Waals surface area contributed by atoms with Crippen LogP contribution in [0.15, 0.2) is 48.5 Å². The molecular formula is C20H17Cl2N5O. The van der Waals surface area contributed by atoms with Gasteiger partial charge in [-0.15, -0.1) is 0 Å². The van der Waals surface area contributed by atoms with Crippen molar-refractivity contribution in [1.29, 1.82) is 5.26 Å². The van der Waals surface area contributed by atoms with Crippen LogP contribution in [-0.4, -0.2) is 22.2 Å². The number of para-hydroxylation sites is 1. The highest BCUT2D eigenvalue weighted by Gasteiger charge is 2.16. The number of aromatic nitrogens is 2. The van der Waals surface area contributed by atoms with Gasteiger partial charge in [0.2, 0.25) is 0 Å². The molecule has 3 N–H and O–H groups in total. The fraction of sp³-hybridized carbons (Fsp3) is 0.150. The molecule has 0 aliphatic heterocycles. The summed E-state index contributed by atoms with van der Waals surface area (Å²) < 4.78 is 1.56. The SMILES string of the molecule is N#Cc1c(CCCNC(=O)c2ccc(Cl)c(Cl)c2)nn(-c2ccccc2)c1N. The molecule has 0 saturated carbocycles. The van der Waals surface area contributed by atoms with Gasteiger partial charge in [0.25, 0.3) is 5.91 Å². The van der Waals surface area contributed by atoms with Gasteiger partial charge in [0.1, 0.15) is 17.5 Å². The van der Waals surface area contributed by atoms with Crippen LogP contribution in [0.5, 0.6) is 0 Å². The molecule has 0 aliphatic rings. The zero-order valence-corrected chi connectivity index (χ0v) is 16.3. The molecule has 1 heterocycles. The van der Waals surface area contributed by atoms with E-state index in [0.717, 1.165) is 5.69 Å². The first-order chi connectivity index (χ1) is 13.5. The van der Waals surface area contributed by atoms with E-state index >= 15 is 0 Å². The van der Waals surface area contributed by atoms with Crippen molar-refractivity contribution in [2.45, 2.75) is 12.8 Å². The van der Waals surface area contributed by atoms with Crippen molar-refractivity contribution >= 4 is 34.9 Å². The number of aryl methyl sites for hydroxylation is 1. The van der Waals surface area contributed by atoms with E-state index in [-0.39, 0.29) is 5.91 Å². The van der Waals surface area contributed by atoms with E-state index in [1.54, 1.807) is 16.8 Å². The standard InChI is InChI=1S/C20H17Cl2N5O/c21-16-9-8-13(11-17(16)22)20(28)25-10-4-7-18-15(12-23)19(24)27(26-18)14-5-2-1-3-6-14/h1-3,5-6,8-9,11H,4,7,10,24H2,(H,25,28). The third kappa shape index (κ3) is 4.28. The summed E-state index contributed by atoms with van der Waals surface area (Å²) in [7, 11) is 0. The molecule has 142 valence electrons. The van der Waals surface area contributed by atoms with Gasteiger partial charge in [0.05, 0.1) is 21.4 Å². The summed E-state index contributed by atoms with van der Waals surface area (Å²) in [5.74, 6) is 0.0666. The van der Waals surface area contributed by atoms with Crippen LogP contribution >= 0.6 is 23.2 Å². The molecule has 2 aromatic carbocycles. The Morgan fingerprint density at radius 2 is 1.93 bits per heavy atom. The minimum atomic E-state index is -0.242. The summed E-state index contributed by atoms with van der Waals surface area (Å²) in [5, 5.41) is 17.4. The number of nitrogens with zero attached hydrogens (tertiary/aromatic N) is 3. The zero-order chi connectivity index (χ0) is 20.1. The fourth-order valence-electron chi connectivity index (χ4n) is 2.74. The lowest BCUT2D eigenvalue weighted by Crippen LogP contribution is -2.24. The Labute approximate surface area is 172 Å². The van der Waals surface area contributed by atoms with Gasteiger partial charge in [-0.05, 0) is 43.2 Å². The van der Waals surface area contributed by atoms with Crippen LogP contribution in [0, 0.1) is 11.3 Å². The van der Waals surface area contributed by atoms with Crippen LogP contribution in [0.25, 0.3) is 5.69 Å². The topological polar surface area (TPSA) is 96.7 Å². The molecule has 0 aliphatic carbocycles. The molecule has 0 saturated heterocycles. The number of carbonyl (C=O) groups excluding carboxylic acids is 1. The number of halogens is 2. The number of rotatable bonds is 6. The average molecular weight is 414 g/mol. The number of carbonyl (C=O) groups is 1. The summed E-state index contributed by atoms with van der Waals surface area (Å²) in [6, 6.07) is 16.2. The Kier molecular flexibility index (Phi) is 6.19. The van der Waals surface area contributed by atoms with E-state index in [0.29, 0.717) is 52.1 Å². The maximum absolute atomic E-state index is 12.2. The highest BCUT2D eigenvalue weighted by Crippen LogP contribution is 2.23. The molecule has 0 radical (unpaired) electrons. The molecule has 0 unspecified atom stereocenters. The predicted molar refractivity (Wildman–Crippen MR) is 110 cm³/mol.